The topological polar surface area (TPSA) is 50.2 Å². The zero-order chi connectivity index (χ0) is 19.7. The zero-order valence-electron chi connectivity index (χ0n) is 16.9. The van der Waals surface area contributed by atoms with Gasteiger partial charge in [-0.25, -0.2) is 4.98 Å². The molecule has 1 saturated heterocycles. The summed E-state index contributed by atoms with van der Waals surface area (Å²) in [5, 5.41) is 4.19. The number of carbonyl (C=O) groups excluding carboxylic acids is 1. The smallest absolute Gasteiger partial charge is 0.263 e. The number of likely N-dealkylation sites (tertiary alicyclic amines) is 1. The highest BCUT2D eigenvalue weighted by Gasteiger charge is 2.23. The molecule has 4 rings (SSSR count). The van der Waals surface area contributed by atoms with Crippen LogP contribution in [0.5, 0.6) is 0 Å². The van der Waals surface area contributed by atoms with E-state index in [0.29, 0.717) is 12.6 Å². The molecule has 0 spiro atoms. The van der Waals surface area contributed by atoms with Crippen LogP contribution in [-0.2, 0) is 0 Å². The largest absolute Gasteiger partial charge is 0.350 e. The van der Waals surface area contributed by atoms with E-state index in [1.54, 1.807) is 6.20 Å². The van der Waals surface area contributed by atoms with Gasteiger partial charge in [-0.15, -0.1) is 11.3 Å². The number of thiophene rings is 1. The fourth-order valence-corrected chi connectivity index (χ4v) is 5.24. The standard InChI is InChI=1S/C22H28N4OS/c1-15-7-4-5-13-25(15)14-12-23-21(27)20-19(26-16(2)9-10-17(26)3)18-8-6-11-24-22(18)28-20/h6,8-11,15H,4-5,7,12-14H2,1-3H3,(H,23,27)/t15-/m0/s1. The number of carbonyl (C=O) groups is 1. The second kappa shape index (κ2) is 8.05. The maximum absolute atomic E-state index is 13.1. The van der Waals surface area contributed by atoms with E-state index in [0.717, 1.165) is 45.3 Å². The zero-order valence-corrected chi connectivity index (χ0v) is 17.7. The third kappa shape index (κ3) is 3.59. The summed E-state index contributed by atoms with van der Waals surface area (Å²) in [4.78, 5) is 21.7. The van der Waals surface area contributed by atoms with Crippen molar-refractivity contribution >= 4 is 27.5 Å². The number of nitrogens with one attached hydrogen (secondary N) is 1. The van der Waals surface area contributed by atoms with E-state index in [1.807, 2.05) is 6.07 Å². The minimum Gasteiger partial charge on any atom is -0.350 e. The Morgan fingerprint density at radius 1 is 1.25 bits per heavy atom. The average molecular weight is 397 g/mol. The first-order valence-corrected chi connectivity index (χ1v) is 10.9. The first kappa shape index (κ1) is 19.2. The maximum Gasteiger partial charge on any atom is 0.263 e. The molecule has 5 nitrogen and oxygen atoms in total. The molecule has 0 bridgehead atoms. The number of fused-ring (bicyclic) bond motifs is 1. The van der Waals surface area contributed by atoms with Crippen molar-refractivity contribution in [3.8, 4) is 5.69 Å². The minimum absolute atomic E-state index is 0.00448. The highest BCUT2D eigenvalue weighted by atomic mass is 32.1. The quantitative estimate of drug-likeness (QED) is 0.699. The Morgan fingerprint density at radius 2 is 2.04 bits per heavy atom. The van der Waals surface area contributed by atoms with Crippen molar-refractivity contribution in [2.45, 2.75) is 46.1 Å². The van der Waals surface area contributed by atoms with Crippen molar-refractivity contribution in [2.75, 3.05) is 19.6 Å². The van der Waals surface area contributed by atoms with Crippen LogP contribution in [0, 0.1) is 13.8 Å². The SMILES string of the molecule is Cc1ccc(C)n1-c1c(C(=O)NCCN2CCCC[C@@H]2C)sc2ncccc12. The van der Waals surface area contributed by atoms with Gasteiger partial charge in [0, 0.05) is 42.1 Å². The van der Waals surface area contributed by atoms with E-state index in [9.17, 15) is 4.79 Å². The molecule has 4 heterocycles. The average Bonchev–Trinajstić information content (AvgIpc) is 3.22. The fourth-order valence-electron chi connectivity index (χ4n) is 4.20. The Balaban J connectivity index is 1.59. The van der Waals surface area contributed by atoms with Crippen molar-refractivity contribution in [3.05, 3.63) is 46.7 Å². The molecule has 1 N–H and O–H groups in total. The minimum atomic E-state index is -0.00448. The van der Waals surface area contributed by atoms with Gasteiger partial charge in [0.25, 0.3) is 5.91 Å². The number of hydrogen-bond acceptors (Lipinski definition) is 4. The second-order valence-electron chi connectivity index (χ2n) is 7.72. The molecule has 3 aromatic rings. The molecule has 0 aliphatic carbocycles. The molecule has 1 amide bonds. The predicted octanol–water partition coefficient (Wildman–Crippen LogP) is 4.31. The van der Waals surface area contributed by atoms with Crippen LogP contribution in [0.25, 0.3) is 15.9 Å². The highest BCUT2D eigenvalue weighted by Crippen LogP contribution is 2.34. The first-order chi connectivity index (χ1) is 13.6. The van der Waals surface area contributed by atoms with E-state index in [-0.39, 0.29) is 5.91 Å². The van der Waals surface area contributed by atoms with Crippen LogP contribution in [0.1, 0.15) is 47.2 Å². The molecule has 0 saturated carbocycles. The van der Waals surface area contributed by atoms with Gasteiger partial charge < -0.3 is 9.88 Å². The molecule has 0 unspecified atom stereocenters. The molecule has 3 aromatic heterocycles. The lowest BCUT2D eigenvalue weighted by Gasteiger charge is -2.33. The number of nitrogens with zero attached hydrogens (tertiary/aromatic N) is 3. The molecule has 1 aliphatic heterocycles. The Labute approximate surface area is 170 Å². The molecule has 0 radical (unpaired) electrons. The van der Waals surface area contributed by atoms with Gasteiger partial charge in [-0.1, -0.05) is 6.42 Å². The lowest BCUT2D eigenvalue weighted by atomic mass is 10.0. The predicted molar refractivity (Wildman–Crippen MR) is 116 cm³/mol. The van der Waals surface area contributed by atoms with Gasteiger partial charge in [0.2, 0.25) is 0 Å². The third-order valence-electron chi connectivity index (χ3n) is 5.77. The van der Waals surface area contributed by atoms with E-state index in [4.69, 9.17) is 0 Å². The van der Waals surface area contributed by atoms with Gasteiger partial charge in [0.1, 0.15) is 9.71 Å². The molecular weight excluding hydrogens is 368 g/mol. The second-order valence-corrected chi connectivity index (χ2v) is 8.72. The summed E-state index contributed by atoms with van der Waals surface area (Å²) in [6.45, 7) is 9.16. The van der Waals surface area contributed by atoms with Gasteiger partial charge in [0.15, 0.2) is 0 Å². The summed E-state index contributed by atoms with van der Waals surface area (Å²) in [7, 11) is 0. The number of aromatic nitrogens is 2. The van der Waals surface area contributed by atoms with E-state index >= 15 is 0 Å². The van der Waals surface area contributed by atoms with Crippen LogP contribution in [0.2, 0.25) is 0 Å². The number of aryl methyl sites for hydroxylation is 2. The summed E-state index contributed by atoms with van der Waals surface area (Å²) < 4.78 is 2.17. The van der Waals surface area contributed by atoms with E-state index in [2.05, 4.69) is 58.7 Å². The van der Waals surface area contributed by atoms with Crippen LogP contribution in [0.3, 0.4) is 0 Å². The molecule has 1 fully saturated rings. The van der Waals surface area contributed by atoms with E-state index < -0.39 is 0 Å². The lowest BCUT2D eigenvalue weighted by Crippen LogP contribution is -2.42. The van der Waals surface area contributed by atoms with Crippen molar-refractivity contribution in [2.24, 2.45) is 0 Å². The number of hydrogen-bond donors (Lipinski definition) is 1. The Bertz CT molecular complexity index is 970. The fraction of sp³-hybridized carbons (Fsp3) is 0.455. The molecular formula is C22H28N4OS. The Morgan fingerprint density at radius 3 is 2.79 bits per heavy atom. The molecule has 1 aliphatic rings. The molecule has 6 heteroatoms. The molecule has 148 valence electrons. The number of piperidine rings is 1. The normalized spacial score (nSPS) is 17.9. The summed E-state index contributed by atoms with van der Waals surface area (Å²) in [5.74, 6) is -0.00448. The number of pyridine rings is 1. The van der Waals surface area contributed by atoms with Gasteiger partial charge >= 0.3 is 0 Å². The summed E-state index contributed by atoms with van der Waals surface area (Å²) >= 11 is 1.48. The molecule has 28 heavy (non-hydrogen) atoms. The van der Waals surface area contributed by atoms with Crippen LogP contribution in [0.4, 0.5) is 0 Å². The van der Waals surface area contributed by atoms with Gasteiger partial charge in [-0.05, 0) is 64.4 Å². The van der Waals surface area contributed by atoms with Crippen molar-refractivity contribution in [1.29, 1.82) is 0 Å². The van der Waals surface area contributed by atoms with Crippen LogP contribution in [-0.4, -0.2) is 46.0 Å². The Kier molecular flexibility index (Phi) is 5.51. The summed E-state index contributed by atoms with van der Waals surface area (Å²) in [6, 6.07) is 8.79. The highest BCUT2D eigenvalue weighted by molar-refractivity contribution is 7.21. The van der Waals surface area contributed by atoms with Crippen molar-refractivity contribution in [1.82, 2.24) is 19.8 Å². The van der Waals surface area contributed by atoms with E-state index in [1.165, 1.54) is 30.6 Å². The van der Waals surface area contributed by atoms with Gasteiger partial charge in [0.05, 0.1) is 5.69 Å². The summed E-state index contributed by atoms with van der Waals surface area (Å²) in [5.41, 5.74) is 3.20. The van der Waals surface area contributed by atoms with Gasteiger partial charge in [-0.3, -0.25) is 9.69 Å². The first-order valence-electron chi connectivity index (χ1n) is 10.1. The van der Waals surface area contributed by atoms with Crippen molar-refractivity contribution < 1.29 is 4.79 Å². The maximum atomic E-state index is 13.1. The van der Waals surface area contributed by atoms with Crippen LogP contribution < -0.4 is 5.32 Å². The number of amides is 1. The summed E-state index contributed by atoms with van der Waals surface area (Å²) in [6.07, 6.45) is 5.62. The molecule has 0 aromatic carbocycles. The Hall–Kier alpha value is -2.18. The third-order valence-corrected chi connectivity index (χ3v) is 6.87. The van der Waals surface area contributed by atoms with Crippen LogP contribution >= 0.6 is 11.3 Å². The number of rotatable bonds is 5. The molecule has 1 atom stereocenters. The monoisotopic (exact) mass is 396 g/mol. The lowest BCUT2D eigenvalue weighted by molar-refractivity contribution is 0.0942. The van der Waals surface area contributed by atoms with Crippen LogP contribution in [0.15, 0.2) is 30.5 Å². The van der Waals surface area contributed by atoms with Gasteiger partial charge in [-0.2, -0.15) is 0 Å². The van der Waals surface area contributed by atoms with Crippen molar-refractivity contribution in [3.63, 3.8) is 0 Å².